The van der Waals surface area contributed by atoms with E-state index in [2.05, 4.69) is 37.9 Å². The van der Waals surface area contributed by atoms with Crippen molar-refractivity contribution in [1.29, 1.82) is 0 Å². The van der Waals surface area contributed by atoms with Crippen LogP contribution in [0.15, 0.2) is 36.1 Å². The van der Waals surface area contributed by atoms with Gasteiger partial charge in [-0.25, -0.2) is 9.97 Å². The molecular formula is C15H16N4S. The van der Waals surface area contributed by atoms with Crippen LogP contribution < -0.4 is 0 Å². The van der Waals surface area contributed by atoms with E-state index in [1.165, 1.54) is 0 Å². The highest BCUT2D eigenvalue weighted by atomic mass is 32.1. The van der Waals surface area contributed by atoms with Crippen molar-refractivity contribution in [3.63, 3.8) is 0 Å². The summed E-state index contributed by atoms with van der Waals surface area (Å²) in [4.78, 5) is 13.5. The van der Waals surface area contributed by atoms with Gasteiger partial charge in [0.05, 0.1) is 12.2 Å². The molecule has 102 valence electrons. The predicted octanol–water partition coefficient (Wildman–Crippen LogP) is 3.32. The number of aromatic nitrogens is 4. The summed E-state index contributed by atoms with van der Waals surface area (Å²) in [5.74, 6) is 0.887. The molecule has 0 saturated carbocycles. The van der Waals surface area contributed by atoms with Gasteiger partial charge in [0.2, 0.25) is 0 Å². The first-order valence-electron chi connectivity index (χ1n) is 6.63. The molecule has 0 saturated heterocycles. The van der Waals surface area contributed by atoms with E-state index in [1.54, 1.807) is 11.3 Å². The Bertz CT molecular complexity index is 697. The quantitative estimate of drug-likeness (QED) is 0.738. The summed E-state index contributed by atoms with van der Waals surface area (Å²) in [6, 6.07) is 4.06. The summed E-state index contributed by atoms with van der Waals surface area (Å²) in [5, 5.41) is 3.23. The molecule has 0 spiro atoms. The third-order valence-corrected chi connectivity index (χ3v) is 4.01. The molecule has 0 amide bonds. The molecular weight excluding hydrogens is 268 g/mol. The predicted molar refractivity (Wildman–Crippen MR) is 80.8 cm³/mol. The maximum Gasteiger partial charge on any atom is 0.159 e. The van der Waals surface area contributed by atoms with Gasteiger partial charge in [0.15, 0.2) is 5.82 Å². The Morgan fingerprint density at radius 1 is 1.25 bits per heavy atom. The van der Waals surface area contributed by atoms with Crippen molar-refractivity contribution in [3.8, 4) is 11.5 Å². The molecule has 4 nitrogen and oxygen atoms in total. The van der Waals surface area contributed by atoms with E-state index < -0.39 is 0 Å². The lowest BCUT2D eigenvalue weighted by atomic mass is 10.2. The van der Waals surface area contributed by atoms with Gasteiger partial charge >= 0.3 is 0 Å². The lowest BCUT2D eigenvalue weighted by Gasteiger charge is -2.05. The van der Waals surface area contributed by atoms with Crippen LogP contribution in [-0.4, -0.2) is 19.5 Å². The molecule has 0 aliphatic rings. The van der Waals surface area contributed by atoms with Crippen molar-refractivity contribution in [2.45, 2.75) is 26.8 Å². The molecule has 0 fully saturated rings. The minimum absolute atomic E-state index is 0.746. The van der Waals surface area contributed by atoms with Crippen LogP contribution in [0.5, 0.6) is 0 Å². The molecule has 3 aromatic heterocycles. The zero-order valence-electron chi connectivity index (χ0n) is 11.6. The summed E-state index contributed by atoms with van der Waals surface area (Å²) >= 11 is 1.70. The normalized spacial score (nSPS) is 10.9. The first-order chi connectivity index (χ1) is 9.76. The number of nitrogens with zero attached hydrogens (tertiary/aromatic N) is 4. The van der Waals surface area contributed by atoms with Crippen LogP contribution in [-0.2, 0) is 13.0 Å². The maximum absolute atomic E-state index is 4.60. The van der Waals surface area contributed by atoms with E-state index in [-0.39, 0.29) is 0 Å². The van der Waals surface area contributed by atoms with Gasteiger partial charge in [0, 0.05) is 24.0 Å². The summed E-state index contributed by atoms with van der Waals surface area (Å²) in [5.41, 5.74) is 3.20. The Kier molecular flexibility index (Phi) is 3.60. The third kappa shape index (κ3) is 2.63. The molecule has 0 aromatic carbocycles. The van der Waals surface area contributed by atoms with Gasteiger partial charge in [-0.05, 0) is 25.0 Å². The van der Waals surface area contributed by atoms with Crippen molar-refractivity contribution in [2.24, 2.45) is 0 Å². The highest BCUT2D eigenvalue weighted by Gasteiger charge is 2.09. The average Bonchev–Trinajstić information content (AvgIpc) is 3.09. The number of hydrogen-bond acceptors (Lipinski definition) is 4. The van der Waals surface area contributed by atoms with Crippen LogP contribution in [0.1, 0.15) is 23.2 Å². The Balaban J connectivity index is 1.88. The summed E-state index contributed by atoms with van der Waals surface area (Å²) < 4.78 is 2.09. The number of imidazole rings is 1. The third-order valence-electron chi connectivity index (χ3n) is 3.12. The molecule has 0 aliphatic carbocycles. The van der Waals surface area contributed by atoms with Gasteiger partial charge in [0.25, 0.3) is 0 Å². The largest absolute Gasteiger partial charge is 0.323 e. The summed E-state index contributed by atoms with van der Waals surface area (Å²) in [6.45, 7) is 4.90. The molecule has 20 heavy (non-hydrogen) atoms. The molecule has 3 rings (SSSR count). The zero-order valence-corrected chi connectivity index (χ0v) is 12.4. The van der Waals surface area contributed by atoms with Gasteiger partial charge in [0.1, 0.15) is 10.7 Å². The molecule has 0 aliphatic heterocycles. The lowest BCUT2D eigenvalue weighted by Crippen LogP contribution is -2.02. The minimum atomic E-state index is 0.746. The van der Waals surface area contributed by atoms with Crippen LogP contribution >= 0.6 is 11.3 Å². The van der Waals surface area contributed by atoms with E-state index in [0.29, 0.717) is 0 Å². The molecule has 0 radical (unpaired) electrons. The first kappa shape index (κ1) is 13.0. The highest BCUT2D eigenvalue weighted by Crippen LogP contribution is 2.18. The van der Waals surface area contributed by atoms with Crippen LogP contribution in [0.3, 0.4) is 0 Å². The maximum atomic E-state index is 4.60. The number of rotatable bonds is 4. The van der Waals surface area contributed by atoms with Crippen LogP contribution in [0.4, 0.5) is 0 Å². The minimum Gasteiger partial charge on any atom is -0.323 e. The Labute approximate surface area is 122 Å². The SMILES string of the molecule is CCc1csc(Cn2ccnc2-c2ccc(C)cn2)n1. The molecule has 3 aromatic rings. The van der Waals surface area contributed by atoms with E-state index in [4.69, 9.17) is 0 Å². The highest BCUT2D eigenvalue weighted by molar-refractivity contribution is 7.09. The Morgan fingerprint density at radius 2 is 2.15 bits per heavy atom. The zero-order chi connectivity index (χ0) is 13.9. The molecule has 0 unspecified atom stereocenters. The summed E-state index contributed by atoms with van der Waals surface area (Å²) in [7, 11) is 0. The molecule has 5 heteroatoms. The van der Waals surface area contributed by atoms with Crippen molar-refractivity contribution in [3.05, 3.63) is 52.4 Å². The fraction of sp³-hybridized carbons (Fsp3) is 0.267. The molecule has 0 N–H and O–H groups in total. The second kappa shape index (κ2) is 5.54. The van der Waals surface area contributed by atoms with Crippen molar-refractivity contribution >= 4 is 11.3 Å². The van der Waals surface area contributed by atoms with Gasteiger partial charge in [-0.2, -0.15) is 0 Å². The van der Waals surface area contributed by atoms with E-state index in [0.717, 1.165) is 40.7 Å². The summed E-state index contributed by atoms with van der Waals surface area (Å²) in [6.07, 6.45) is 6.63. The smallest absolute Gasteiger partial charge is 0.159 e. The molecule has 0 bridgehead atoms. The topological polar surface area (TPSA) is 43.6 Å². The Morgan fingerprint density at radius 3 is 2.85 bits per heavy atom. The lowest BCUT2D eigenvalue weighted by molar-refractivity contribution is 0.791. The average molecular weight is 284 g/mol. The molecule has 0 atom stereocenters. The standard InChI is InChI=1S/C15H16N4S/c1-3-12-10-20-14(18-12)9-19-7-6-16-15(19)13-5-4-11(2)8-17-13/h4-8,10H,3,9H2,1-2H3. The van der Waals surface area contributed by atoms with Gasteiger partial charge in [-0.15, -0.1) is 11.3 Å². The van der Waals surface area contributed by atoms with Gasteiger partial charge in [-0.3, -0.25) is 4.98 Å². The van der Waals surface area contributed by atoms with E-state index in [1.807, 2.05) is 31.6 Å². The first-order valence-corrected chi connectivity index (χ1v) is 7.51. The fourth-order valence-electron chi connectivity index (χ4n) is 2.00. The number of pyridine rings is 1. The monoisotopic (exact) mass is 284 g/mol. The second-order valence-corrected chi connectivity index (χ2v) is 5.63. The van der Waals surface area contributed by atoms with Gasteiger partial charge < -0.3 is 4.57 Å². The van der Waals surface area contributed by atoms with Gasteiger partial charge in [-0.1, -0.05) is 13.0 Å². The van der Waals surface area contributed by atoms with Crippen LogP contribution in [0, 0.1) is 6.92 Å². The van der Waals surface area contributed by atoms with E-state index >= 15 is 0 Å². The van der Waals surface area contributed by atoms with E-state index in [9.17, 15) is 0 Å². The Hall–Kier alpha value is -2.01. The number of hydrogen-bond donors (Lipinski definition) is 0. The van der Waals surface area contributed by atoms with Crippen molar-refractivity contribution in [1.82, 2.24) is 19.5 Å². The van der Waals surface area contributed by atoms with Crippen LogP contribution in [0.2, 0.25) is 0 Å². The fourth-order valence-corrected chi connectivity index (χ4v) is 2.87. The molecule has 3 heterocycles. The number of thiazole rings is 1. The second-order valence-electron chi connectivity index (χ2n) is 4.69. The number of aryl methyl sites for hydroxylation is 2. The van der Waals surface area contributed by atoms with Crippen molar-refractivity contribution < 1.29 is 0 Å². The van der Waals surface area contributed by atoms with Crippen LogP contribution in [0.25, 0.3) is 11.5 Å². The van der Waals surface area contributed by atoms with Crippen molar-refractivity contribution in [2.75, 3.05) is 0 Å².